The molecule has 0 N–H and O–H groups in total. The van der Waals surface area contributed by atoms with Gasteiger partial charge in [0.05, 0.1) is 0 Å². The largest absolute Gasteiger partial charge is 0.303 e. The Morgan fingerprint density at radius 3 is 2.67 bits per heavy atom. The Kier molecular flexibility index (Phi) is 5.07. The second-order valence-corrected chi connectivity index (χ2v) is 5.45. The minimum Gasteiger partial charge on any atom is -0.303 e. The van der Waals surface area contributed by atoms with Crippen LogP contribution in [0.1, 0.15) is 52.9 Å². The molecule has 2 atom stereocenters. The molecule has 0 saturated carbocycles. The van der Waals surface area contributed by atoms with E-state index in [9.17, 15) is 4.79 Å². The van der Waals surface area contributed by atoms with Gasteiger partial charge < -0.3 is 4.79 Å². The molecule has 0 heterocycles. The van der Waals surface area contributed by atoms with Gasteiger partial charge in [0, 0.05) is 5.92 Å². The van der Waals surface area contributed by atoms with Gasteiger partial charge in [-0.1, -0.05) is 32.4 Å². The van der Waals surface area contributed by atoms with Crippen LogP contribution < -0.4 is 0 Å². The summed E-state index contributed by atoms with van der Waals surface area (Å²) in [6, 6.07) is 0. The first kappa shape index (κ1) is 12.5. The molecule has 1 rings (SSSR count). The van der Waals surface area contributed by atoms with Crippen molar-refractivity contribution < 1.29 is 4.79 Å². The Hall–Kier alpha value is -0.590. The van der Waals surface area contributed by atoms with Crippen molar-refractivity contribution in [2.45, 2.75) is 52.9 Å². The van der Waals surface area contributed by atoms with E-state index in [0.717, 1.165) is 24.5 Å². The van der Waals surface area contributed by atoms with E-state index in [0.29, 0.717) is 0 Å². The van der Waals surface area contributed by atoms with Crippen LogP contribution in [0.3, 0.4) is 0 Å². The fourth-order valence-corrected chi connectivity index (χ4v) is 2.47. The summed E-state index contributed by atoms with van der Waals surface area (Å²) in [6.45, 7) is 6.61. The van der Waals surface area contributed by atoms with Gasteiger partial charge in [-0.25, -0.2) is 0 Å². The SMILES string of the molecule is CC(C)C[C@H]1CC=C(CC(C)C=O)CC1. The number of allylic oxidation sites excluding steroid dienone is 2. The highest BCUT2D eigenvalue weighted by Gasteiger charge is 2.16. The van der Waals surface area contributed by atoms with Gasteiger partial charge in [-0.3, -0.25) is 0 Å². The lowest BCUT2D eigenvalue weighted by Gasteiger charge is -2.23. The van der Waals surface area contributed by atoms with E-state index in [2.05, 4.69) is 19.9 Å². The van der Waals surface area contributed by atoms with Crippen LogP contribution in [-0.2, 0) is 4.79 Å². The molecule has 0 radical (unpaired) electrons. The molecule has 0 saturated heterocycles. The highest BCUT2D eigenvalue weighted by atomic mass is 16.1. The minimum absolute atomic E-state index is 0.206. The molecule has 0 fully saturated rings. The smallest absolute Gasteiger partial charge is 0.123 e. The predicted octanol–water partition coefficient (Wildman–Crippen LogP) is 3.98. The highest BCUT2D eigenvalue weighted by Crippen LogP contribution is 2.30. The number of hydrogen-bond donors (Lipinski definition) is 0. The zero-order valence-electron chi connectivity index (χ0n) is 10.3. The van der Waals surface area contributed by atoms with Crippen LogP contribution in [0, 0.1) is 17.8 Å². The van der Waals surface area contributed by atoms with Gasteiger partial charge in [-0.05, 0) is 43.9 Å². The Labute approximate surface area is 93.9 Å². The lowest BCUT2D eigenvalue weighted by molar-refractivity contribution is -0.110. The summed E-state index contributed by atoms with van der Waals surface area (Å²) < 4.78 is 0. The molecule has 1 aliphatic rings. The van der Waals surface area contributed by atoms with E-state index >= 15 is 0 Å². The molecule has 15 heavy (non-hydrogen) atoms. The number of aldehydes is 1. The molecule has 0 aliphatic heterocycles. The molecule has 0 aromatic heterocycles. The summed E-state index contributed by atoms with van der Waals surface area (Å²) in [5.41, 5.74) is 1.51. The van der Waals surface area contributed by atoms with Crippen molar-refractivity contribution in [2.75, 3.05) is 0 Å². The molecule has 1 nitrogen and oxygen atoms in total. The van der Waals surface area contributed by atoms with E-state index in [1.165, 1.54) is 31.3 Å². The van der Waals surface area contributed by atoms with Crippen LogP contribution in [0.5, 0.6) is 0 Å². The summed E-state index contributed by atoms with van der Waals surface area (Å²) in [4.78, 5) is 10.6. The van der Waals surface area contributed by atoms with Crippen molar-refractivity contribution in [1.29, 1.82) is 0 Å². The Morgan fingerprint density at radius 1 is 1.47 bits per heavy atom. The summed E-state index contributed by atoms with van der Waals surface area (Å²) in [7, 11) is 0. The van der Waals surface area contributed by atoms with Gasteiger partial charge in [0.2, 0.25) is 0 Å². The zero-order chi connectivity index (χ0) is 11.3. The van der Waals surface area contributed by atoms with Crippen molar-refractivity contribution in [3.05, 3.63) is 11.6 Å². The third kappa shape index (κ3) is 4.63. The molecular weight excluding hydrogens is 184 g/mol. The van der Waals surface area contributed by atoms with E-state index in [4.69, 9.17) is 0 Å². The first-order chi connectivity index (χ1) is 7.11. The highest BCUT2D eigenvalue weighted by molar-refractivity contribution is 5.53. The van der Waals surface area contributed by atoms with Crippen molar-refractivity contribution in [2.24, 2.45) is 17.8 Å². The lowest BCUT2D eigenvalue weighted by atomic mass is 9.82. The normalized spacial score (nSPS) is 23.7. The van der Waals surface area contributed by atoms with E-state index in [1.54, 1.807) is 0 Å². The van der Waals surface area contributed by atoms with Gasteiger partial charge in [-0.2, -0.15) is 0 Å². The van der Waals surface area contributed by atoms with Crippen LogP contribution in [0.4, 0.5) is 0 Å². The number of rotatable bonds is 5. The van der Waals surface area contributed by atoms with Crippen LogP contribution in [0.2, 0.25) is 0 Å². The lowest BCUT2D eigenvalue weighted by Crippen LogP contribution is -2.10. The molecule has 0 bridgehead atoms. The standard InChI is InChI=1S/C14H24O/c1-11(2)8-13-4-6-14(7-5-13)9-12(3)10-15/h6,10-13H,4-5,7-9H2,1-3H3/t12?,13-/m0/s1. The molecule has 0 spiro atoms. The average Bonchev–Trinajstić information content (AvgIpc) is 2.20. The number of carbonyl (C=O) groups is 1. The Bertz CT molecular complexity index is 227. The van der Waals surface area contributed by atoms with Gasteiger partial charge in [0.15, 0.2) is 0 Å². The van der Waals surface area contributed by atoms with Crippen molar-refractivity contribution in [3.8, 4) is 0 Å². The summed E-state index contributed by atoms with van der Waals surface area (Å²) in [5, 5.41) is 0. The number of carbonyl (C=O) groups excluding carboxylic acids is 1. The summed E-state index contributed by atoms with van der Waals surface area (Å²) in [6.07, 6.45) is 9.58. The van der Waals surface area contributed by atoms with E-state index in [-0.39, 0.29) is 5.92 Å². The van der Waals surface area contributed by atoms with Crippen LogP contribution in [-0.4, -0.2) is 6.29 Å². The first-order valence-corrected chi connectivity index (χ1v) is 6.25. The Balaban J connectivity index is 2.34. The summed E-state index contributed by atoms with van der Waals surface area (Å²) in [5.74, 6) is 1.91. The molecule has 1 heteroatoms. The maximum absolute atomic E-state index is 10.6. The molecule has 0 amide bonds. The maximum Gasteiger partial charge on any atom is 0.123 e. The molecule has 0 aromatic carbocycles. The molecule has 1 aliphatic carbocycles. The second kappa shape index (κ2) is 6.09. The molecule has 0 aromatic rings. The van der Waals surface area contributed by atoms with Gasteiger partial charge in [0.1, 0.15) is 6.29 Å². The van der Waals surface area contributed by atoms with Crippen molar-refractivity contribution in [3.63, 3.8) is 0 Å². The summed E-state index contributed by atoms with van der Waals surface area (Å²) >= 11 is 0. The zero-order valence-corrected chi connectivity index (χ0v) is 10.3. The van der Waals surface area contributed by atoms with E-state index < -0.39 is 0 Å². The fourth-order valence-electron chi connectivity index (χ4n) is 2.47. The van der Waals surface area contributed by atoms with E-state index in [1.807, 2.05) is 6.92 Å². The van der Waals surface area contributed by atoms with Gasteiger partial charge in [0.25, 0.3) is 0 Å². The molecule has 1 unspecified atom stereocenters. The molecule has 86 valence electrons. The van der Waals surface area contributed by atoms with Gasteiger partial charge >= 0.3 is 0 Å². The predicted molar refractivity (Wildman–Crippen MR) is 64.7 cm³/mol. The first-order valence-electron chi connectivity index (χ1n) is 6.25. The fraction of sp³-hybridized carbons (Fsp3) is 0.786. The van der Waals surface area contributed by atoms with Crippen LogP contribution in [0.15, 0.2) is 11.6 Å². The Morgan fingerprint density at radius 2 is 2.20 bits per heavy atom. The van der Waals surface area contributed by atoms with Crippen molar-refractivity contribution >= 4 is 6.29 Å². The molecular formula is C14H24O. The van der Waals surface area contributed by atoms with Gasteiger partial charge in [-0.15, -0.1) is 0 Å². The van der Waals surface area contributed by atoms with Crippen molar-refractivity contribution in [1.82, 2.24) is 0 Å². The topological polar surface area (TPSA) is 17.1 Å². The third-order valence-corrected chi connectivity index (χ3v) is 3.23. The quantitative estimate of drug-likeness (QED) is 0.493. The minimum atomic E-state index is 0.206. The van der Waals surface area contributed by atoms with Crippen LogP contribution in [0.25, 0.3) is 0 Å². The second-order valence-electron chi connectivity index (χ2n) is 5.45. The monoisotopic (exact) mass is 208 g/mol. The average molecular weight is 208 g/mol. The van der Waals surface area contributed by atoms with Crippen LogP contribution >= 0.6 is 0 Å². The third-order valence-electron chi connectivity index (χ3n) is 3.23. The number of hydrogen-bond acceptors (Lipinski definition) is 1. The maximum atomic E-state index is 10.6.